The van der Waals surface area contributed by atoms with Crippen molar-refractivity contribution in [3.05, 3.63) is 29.8 Å². The molecular formula is C16H21F3N2O3. The van der Waals surface area contributed by atoms with Gasteiger partial charge in [-0.2, -0.15) is 13.2 Å². The third-order valence-corrected chi connectivity index (χ3v) is 3.79. The quantitative estimate of drug-likeness (QED) is 0.880. The molecule has 0 spiro atoms. The number of hydrogen-bond acceptors (Lipinski definition) is 4. The van der Waals surface area contributed by atoms with Crippen LogP contribution in [0.3, 0.4) is 0 Å². The van der Waals surface area contributed by atoms with E-state index in [2.05, 4.69) is 4.90 Å². The molecule has 1 aromatic rings. The lowest BCUT2D eigenvalue weighted by atomic mass is 10.2. The number of benzene rings is 1. The van der Waals surface area contributed by atoms with Crippen molar-refractivity contribution in [3.63, 3.8) is 0 Å². The van der Waals surface area contributed by atoms with Gasteiger partial charge in [0.25, 0.3) is 5.91 Å². The minimum atomic E-state index is -4.39. The second-order valence-corrected chi connectivity index (χ2v) is 5.84. The van der Waals surface area contributed by atoms with E-state index in [9.17, 15) is 23.1 Å². The van der Waals surface area contributed by atoms with Crippen molar-refractivity contribution in [1.29, 1.82) is 0 Å². The number of nitrogens with zero attached hydrogens (tertiary/aromatic N) is 2. The largest absolute Gasteiger partial charge is 0.484 e. The Bertz CT molecular complexity index is 538. The molecule has 0 aromatic heterocycles. The lowest BCUT2D eigenvalue weighted by molar-refractivity contribution is -0.138. The van der Waals surface area contributed by atoms with Crippen LogP contribution in [0.1, 0.15) is 12.5 Å². The van der Waals surface area contributed by atoms with Gasteiger partial charge in [0.2, 0.25) is 0 Å². The molecule has 0 radical (unpaired) electrons. The molecule has 24 heavy (non-hydrogen) atoms. The number of rotatable bonds is 5. The molecule has 0 saturated carbocycles. The van der Waals surface area contributed by atoms with Gasteiger partial charge >= 0.3 is 6.18 Å². The van der Waals surface area contributed by atoms with Crippen molar-refractivity contribution in [2.45, 2.75) is 19.2 Å². The Kier molecular flexibility index (Phi) is 6.06. The Hall–Kier alpha value is -1.80. The highest BCUT2D eigenvalue weighted by molar-refractivity contribution is 5.77. The lowest BCUT2D eigenvalue weighted by Gasteiger charge is -2.35. The lowest BCUT2D eigenvalue weighted by Crippen LogP contribution is -2.51. The number of carbonyl (C=O) groups excluding carboxylic acids is 1. The van der Waals surface area contributed by atoms with Gasteiger partial charge in [-0.3, -0.25) is 9.69 Å². The van der Waals surface area contributed by atoms with Crippen LogP contribution in [0.4, 0.5) is 13.2 Å². The first-order chi connectivity index (χ1) is 11.3. The summed E-state index contributed by atoms with van der Waals surface area (Å²) in [6.07, 6.45) is -4.80. The zero-order valence-electron chi connectivity index (χ0n) is 13.4. The molecule has 1 saturated heterocycles. The number of aliphatic hydroxyl groups is 1. The van der Waals surface area contributed by atoms with Gasteiger partial charge in [-0.05, 0) is 31.2 Å². The Morgan fingerprint density at radius 2 is 1.79 bits per heavy atom. The smallest absolute Gasteiger partial charge is 0.416 e. The Morgan fingerprint density at radius 3 is 2.29 bits per heavy atom. The minimum Gasteiger partial charge on any atom is -0.484 e. The van der Waals surface area contributed by atoms with Gasteiger partial charge in [0.05, 0.1) is 11.7 Å². The summed E-state index contributed by atoms with van der Waals surface area (Å²) < 4.78 is 42.7. The van der Waals surface area contributed by atoms with E-state index >= 15 is 0 Å². The van der Waals surface area contributed by atoms with E-state index in [1.165, 1.54) is 12.1 Å². The predicted octanol–water partition coefficient (Wildman–Crippen LogP) is 1.61. The molecule has 1 aromatic carbocycles. The Balaban J connectivity index is 1.77. The summed E-state index contributed by atoms with van der Waals surface area (Å²) in [5.74, 6) is 0.0238. The van der Waals surface area contributed by atoms with Crippen LogP contribution in [-0.4, -0.2) is 66.2 Å². The van der Waals surface area contributed by atoms with Crippen molar-refractivity contribution < 1.29 is 27.8 Å². The molecule has 0 unspecified atom stereocenters. The van der Waals surface area contributed by atoms with Crippen molar-refractivity contribution in [2.75, 3.05) is 39.3 Å². The van der Waals surface area contributed by atoms with Crippen molar-refractivity contribution in [1.82, 2.24) is 9.80 Å². The molecule has 134 valence electrons. The average molecular weight is 346 g/mol. The number of aliphatic hydroxyl groups excluding tert-OH is 1. The summed E-state index contributed by atoms with van der Waals surface area (Å²) in [5.41, 5.74) is -0.754. The predicted molar refractivity (Wildman–Crippen MR) is 81.6 cm³/mol. The maximum absolute atomic E-state index is 12.5. The maximum Gasteiger partial charge on any atom is 0.416 e. The molecule has 2 rings (SSSR count). The molecule has 1 N–H and O–H groups in total. The molecular weight excluding hydrogens is 325 g/mol. The number of halogens is 3. The maximum atomic E-state index is 12.5. The second kappa shape index (κ2) is 7.85. The summed E-state index contributed by atoms with van der Waals surface area (Å²) in [7, 11) is 0. The summed E-state index contributed by atoms with van der Waals surface area (Å²) >= 11 is 0. The van der Waals surface area contributed by atoms with E-state index in [4.69, 9.17) is 4.74 Å². The highest BCUT2D eigenvalue weighted by Crippen LogP contribution is 2.30. The van der Waals surface area contributed by atoms with E-state index in [0.29, 0.717) is 32.7 Å². The zero-order valence-corrected chi connectivity index (χ0v) is 13.4. The molecule has 1 fully saturated rings. The van der Waals surface area contributed by atoms with Gasteiger partial charge in [0.1, 0.15) is 5.75 Å². The summed E-state index contributed by atoms with van der Waals surface area (Å²) in [4.78, 5) is 15.8. The first-order valence-corrected chi connectivity index (χ1v) is 7.74. The fourth-order valence-corrected chi connectivity index (χ4v) is 2.53. The van der Waals surface area contributed by atoms with E-state index in [-0.39, 0.29) is 18.3 Å². The minimum absolute atomic E-state index is 0.202. The highest BCUT2D eigenvalue weighted by atomic mass is 19.4. The molecule has 5 nitrogen and oxygen atoms in total. The van der Waals surface area contributed by atoms with E-state index in [1.807, 2.05) is 0 Å². The van der Waals surface area contributed by atoms with Gasteiger partial charge in [-0.25, -0.2) is 0 Å². The van der Waals surface area contributed by atoms with E-state index in [0.717, 1.165) is 12.1 Å². The summed E-state index contributed by atoms with van der Waals surface area (Å²) in [6, 6.07) is 4.26. The number of hydrogen-bond donors (Lipinski definition) is 1. The number of amides is 1. The number of piperazine rings is 1. The third kappa shape index (κ3) is 5.38. The molecule has 1 amide bonds. The third-order valence-electron chi connectivity index (χ3n) is 3.79. The van der Waals surface area contributed by atoms with Crippen LogP contribution in [0.15, 0.2) is 24.3 Å². The second-order valence-electron chi connectivity index (χ2n) is 5.84. The normalized spacial score (nSPS) is 17.6. The Morgan fingerprint density at radius 1 is 1.21 bits per heavy atom. The molecule has 0 bridgehead atoms. The van der Waals surface area contributed by atoms with Gasteiger partial charge in [0, 0.05) is 32.7 Å². The van der Waals surface area contributed by atoms with Gasteiger partial charge < -0.3 is 14.7 Å². The van der Waals surface area contributed by atoms with Crippen molar-refractivity contribution in [3.8, 4) is 5.75 Å². The fourth-order valence-electron chi connectivity index (χ4n) is 2.53. The van der Waals surface area contributed by atoms with Gasteiger partial charge in [0.15, 0.2) is 6.61 Å². The molecule has 1 atom stereocenters. The zero-order chi connectivity index (χ0) is 17.7. The first kappa shape index (κ1) is 18.5. The van der Waals surface area contributed by atoms with Crippen LogP contribution < -0.4 is 4.74 Å². The fraction of sp³-hybridized carbons (Fsp3) is 0.562. The highest BCUT2D eigenvalue weighted by Gasteiger charge is 2.30. The van der Waals surface area contributed by atoms with Crippen LogP contribution >= 0.6 is 0 Å². The summed E-state index contributed by atoms with van der Waals surface area (Å²) in [6.45, 7) is 4.53. The number of alkyl halides is 3. The SMILES string of the molecule is C[C@H](O)CN1CCN(C(=O)COc2ccc(C(F)(F)F)cc2)CC1. The first-order valence-electron chi connectivity index (χ1n) is 7.74. The van der Waals surface area contributed by atoms with Crippen molar-refractivity contribution in [2.24, 2.45) is 0 Å². The van der Waals surface area contributed by atoms with Crippen LogP contribution in [0.2, 0.25) is 0 Å². The van der Waals surface area contributed by atoms with Crippen LogP contribution in [0.25, 0.3) is 0 Å². The monoisotopic (exact) mass is 346 g/mol. The number of β-amino-alcohol motifs (C(OH)–C–C–N with tert-alkyl or cyclic N) is 1. The van der Waals surface area contributed by atoms with Crippen molar-refractivity contribution >= 4 is 5.91 Å². The Labute approximate surface area is 138 Å². The standard InChI is InChI=1S/C16H21F3N2O3/c1-12(22)10-20-6-8-21(9-7-20)15(23)11-24-14-4-2-13(3-5-14)16(17,18)19/h2-5,12,22H,6-11H2,1H3/t12-/m0/s1. The molecule has 1 aliphatic rings. The molecule has 0 aliphatic carbocycles. The molecule has 1 heterocycles. The van der Waals surface area contributed by atoms with Crippen LogP contribution in [0, 0.1) is 0 Å². The topological polar surface area (TPSA) is 53.0 Å². The molecule has 8 heteroatoms. The van der Waals surface area contributed by atoms with E-state index in [1.54, 1.807) is 11.8 Å². The van der Waals surface area contributed by atoms with Crippen LogP contribution in [0.5, 0.6) is 5.75 Å². The van der Waals surface area contributed by atoms with Crippen LogP contribution in [-0.2, 0) is 11.0 Å². The number of carbonyl (C=O) groups is 1. The van der Waals surface area contributed by atoms with Gasteiger partial charge in [-0.1, -0.05) is 0 Å². The average Bonchev–Trinajstić information content (AvgIpc) is 2.52. The summed E-state index contributed by atoms with van der Waals surface area (Å²) in [5, 5.41) is 9.35. The number of ether oxygens (including phenoxy) is 1. The van der Waals surface area contributed by atoms with E-state index < -0.39 is 17.8 Å². The molecule has 1 aliphatic heterocycles. The van der Waals surface area contributed by atoms with Gasteiger partial charge in [-0.15, -0.1) is 0 Å².